The molecule has 0 saturated heterocycles. The predicted octanol–water partition coefficient (Wildman–Crippen LogP) is 1.37. The lowest BCUT2D eigenvalue weighted by molar-refractivity contribution is -0.383. The van der Waals surface area contributed by atoms with E-state index < -0.39 is 22.4 Å². The molecule has 8 nitrogen and oxygen atoms in total. The van der Waals surface area contributed by atoms with E-state index in [0.717, 1.165) is 0 Å². The minimum Gasteiger partial charge on any atom is -0.477 e. The van der Waals surface area contributed by atoms with Gasteiger partial charge >= 0.3 is 11.9 Å². The molecule has 1 rings (SSSR count). The Labute approximate surface area is 107 Å². The first-order chi connectivity index (χ1) is 8.82. The lowest BCUT2D eigenvalue weighted by atomic mass is 10.2. The molecule has 8 heteroatoms. The van der Waals surface area contributed by atoms with Crippen LogP contribution < -0.4 is 5.32 Å². The number of carboxylic acid groups (broad SMARTS) is 2. The minimum atomic E-state index is -1.64. The van der Waals surface area contributed by atoms with E-state index in [4.69, 9.17) is 10.2 Å². The van der Waals surface area contributed by atoms with E-state index in [9.17, 15) is 19.7 Å². The molecule has 0 bridgehead atoms. The minimum absolute atomic E-state index is 0.0185. The molecular formula is C11H10N2O6. The Balaban J connectivity index is 3.15. The molecule has 0 heterocycles. The SMILES string of the molecule is Cc1ccc([N+](=O)[O-])c(NC=C(C(=O)O)C(=O)O)c1. The third-order valence-electron chi connectivity index (χ3n) is 2.18. The summed E-state index contributed by atoms with van der Waals surface area (Å²) in [7, 11) is 0. The second-order valence-corrected chi connectivity index (χ2v) is 3.59. The zero-order chi connectivity index (χ0) is 14.6. The number of hydrogen-bond donors (Lipinski definition) is 3. The first kappa shape index (κ1) is 14.2. The summed E-state index contributed by atoms with van der Waals surface area (Å²) in [4.78, 5) is 31.4. The highest BCUT2D eigenvalue weighted by molar-refractivity contribution is 6.12. The molecule has 0 aliphatic heterocycles. The summed E-state index contributed by atoms with van der Waals surface area (Å²) in [5, 5.41) is 30.4. The summed E-state index contributed by atoms with van der Waals surface area (Å²) < 4.78 is 0. The number of benzene rings is 1. The van der Waals surface area contributed by atoms with Crippen LogP contribution in [0.5, 0.6) is 0 Å². The second kappa shape index (κ2) is 5.63. The topological polar surface area (TPSA) is 130 Å². The van der Waals surface area contributed by atoms with E-state index in [-0.39, 0.29) is 11.4 Å². The number of aryl methyl sites for hydroxylation is 1. The molecule has 1 aromatic rings. The average molecular weight is 266 g/mol. The van der Waals surface area contributed by atoms with Gasteiger partial charge in [0.05, 0.1) is 4.92 Å². The Bertz CT molecular complexity index is 563. The number of aliphatic carboxylic acids is 2. The molecule has 19 heavy (non-hydrogen) atoms. The van der Waals surface area contributed by atoms with Gasteiger partial charge in [-0.2, -0.15) is 0 Å². The number of nitro benzene ring substituents is 1. The predicted molar refractivity (Wildman–Crippen MR) is 64.8 cm³/mol. The molecule has 0 fully saturated rings. The second-order valence-electron chi connectivity index (χ2n) is 3.59. The molecule has 0 aromatic heterocycles. The first-order valence-corrected chi connectivity index (χ1v) is 5.01. The molecule has 0 amide bonds. The fourth-order valence-corrected chi connectivity index (χ4v) is 1.29. The number of nitrogens with one attached hydrogen (secondary N) is 1. The van der Waals surface area contributed by atoms with Crippen molar-refractivity contribution in [2.45, 2.75) is 6.92 Å². The Morgan fingerprint density at radius 1 is 1.32 bits per heavy atom. The van der Waals surface area contributed by atoms with Crippen LogP contribution >= 0.6 is 0 Å². The van der Waals surface area contributed by atoms with Crippen LogP contribution in [0.2, 0.25) is 0 Å². The summed E-state index contributed by atoms with van der Waals surface area (Å²) in [6, 6.07) is 4.17. The Kier molecular flexibility index (Phi) is 4.19. The van der Waals surface area contributed by atoms with Crippen molar-refractivity contribution >= 4 is 23.3 Å². The van der Waals surface area contributed by atoms with Gasteiger partial charge in [0.15, 0.2) is 5.57 Å². The van der Waals surface area contributed by atoms with Gasteiger partial charge in [0.25, 0.3) is 5.69 Å². The molecule has 0 radical (unpaired) electrons. The number of carbonyl (C=O) groups is 2. The van der Waals surface area contributed by atoms with Crippen LogP contribution in [-0.4, -0.2) is 27.1 Å². The maximum absolute atomic E-state index is 10.8. The molecule has 3 N–H and O–H groups in total. The average Bonchev–Trinajstić information content (AvgIpc) is 2.27. The van der Waals surface area contributed by atoms with Crippen molar-refractivity contribution in [1.29, 1.82) is 0 Å². The zero-order valence-electron chi connectivity index (χ0n) is 9.78. The fourth-order valence-electron chi connectivity index (χ4n) is 1.29. The molecule has 0 atom stereocenters. The van der Waals surface area contributed by atoms with Gasteiger partial charge in [0.2, 0.25) is 0 Å². The van der Waals surface area contributed by atoms with Crippen LogP contribution in [0.1, 0.15) is 5.56 Å². The third kappa shape index (κ3) is 3.53. The molecule has 0 saturated carbocycles. The normalized spacial score (nSPS) is 9.53. The van der Waals surface area contributed by atoms with Crippen molar-refractivity contribution in [3.05, 3.63) is 45.6 Å². The van der Waals surface area contributed by atoms with Gasteiger partial charge in [-0.1, -0.05) is 6.07 Å². The van der Waals surface area contributed by atoms with E-state index >= 15 is 0 Å². The van der Waals surface area contributed by atoms with Crippen molar-refractivity contribution in [3.63, 3.8) is 0 Å². The van der Waals surface area contributed by atoms with Crippen LogP contribution in [0.15, 0.2) is 30.0 Å². The van der Waals surface area contributed by atoms with Crippen LogP contribution in [0.3, 0.4) is 0 Å². The van der Waals surface area contributed by atoms with Crippen LogP contribution in [0.25, 0.3) is 0 Å². The molecule has 1 aromatic carbocycles. The lowest BCUT2D eigenvalue weighted by Crippen LogP contribution is -2.13. The standard InChI is InChI=1S/C11H10N2O6/c1-6-2-3-9(13(18)19)8(4-6)12-5-7(10(14)15)11(16)17/h2-5,12H,1H3,(H,14,15)(H,16,17). The highest BCUT2D eigenvalue weighted by atomic mass is 16.6. The molecule has 0 unspecified atom stereocenters. The number of rotatable bonds is 5. The van der Waals surface area contributed by atoms with Crippen molar-refractivity contribution in [2.24, 2.45) is 0 Å². The van der Waals surface area contributed by atoms with Crippen LogP contribution in [0.4, 0.5) is 11.4 Å². The third-order valence-corrected chi connectivity index (χ3v) is 2.18. The summed E-state index contributed by atoms with van der Waals surface area (Å²) in [5.74, 6) is -3.29. The summed E-state index contributed by atoms with van der Waals surface area (Å²) in [5.41, 5.74) is -0.480. The van der Waals surface area contributed by atoms with E-state index in [2.05, 4.69) is 5.32 Å². The Morgan fingerprint density at radius 2 is 1.89 bits per heavy atom. The van der Waals surface area contributed by atoms with Gasteiger partial charge in [0.1, 0.15) is 5.69 Å². The van der Waals surface area contributed by atoms with Crippen molar-refractivity contribution in [3.8, 4) is 0 Å². The fraction of sp³-hybridized carbons (Fsp3) is 0.0909. The van der Waals surface area contributed by atoms with E-state index in [1.807, 2.05) is 0 Å². The highest BCUT2D eigenvalue weighted by Gasteiger charge is 2.17. The van der Waals surface area contributed by atoms with E-state index in [1.165, 1.54) is 18.2 Å². The monoisotopic (exact) mass is 266 g/mol. The van der Waals surface area contributed by atoms with Crippen molar-refractivity contribution < 1.29 is 24.7 Å². The first-order valence-electron chi connectivity index (χ1n) is 5.01. The molecule has 100 valence electrons. The van der Waals surface area contributed by atoms with Crippen LogP contribution in [0, 0.1) is 17.0 Å². The Hall–Kier alpha value is -2.90. The summed E-state index contributed by atoms with van der Waals surface area (Å²) >= 11 is 0. The zero-order valence-corrected chi connectivity index (χ0v) is 9.78. The van der Waals surface area contributed by atoms with E-state index in [1.54, 1.807) is 6.92 Å². The maximum Gasteiger partial charge on any atom is 0.344 e. The lowest BCUT2D eigenvalue weighted by Gasteiger charge is -2.04. The van der Waals surface area contributed by atoms with Crippen LogP contribution in [-0.2, 0) is 9.59 Å². The summed E-state index contributed by atoms with van der Waals surface area (Å²) in [6.45, 7) is 1.69. The van der Waals surface area contributed by atoms with Gasteiger partial charge in [0, 0.05) is 12.3 Å². The molecule has 0 aliphatic rings. The molecular weight excluding hydrogens is 256 g/mol. The number of anilines is 1. The van der Waals surface area contributed by atoms with Gasteiger partial charge in [-0.25, -0.2) is 9.59 Å². The van der Waals surface area contributed by atoms with Gasteiger partial charge < -0.3 is 15.5 Å². The number of nitro groups is 1. The van der Waals surface area contributed by atoms with E-state index in [0.29, 0.717) is 11.8 Å². The Morgan fingerprint density at radius 3 is 2.37 bits per heavy atom. The van der Waals surface area contributed by atoms with Gasteiger partial charge in [-0.15, -0.1) is 0 Å². The van der Waals surface area contributed by atoms with Gasteiger partial charge in [-0.3, -0.25) is 10.1 Å². The number of nitrogens with zero attached hydrogens (tertiary/aromatic N) is 1. The molecule has 0 spiro atoms. The number of hydrogen-bond acceptors (Lipinski definition) is 5. The van der Waals surface area contributed by atoms with Crippen molar-refractivity contribution in [1.82, 2.24) is 0 Å². The maximum atomic E-state index is 10.8. The highest BCUT2D eigenvalue weighted by Crippen LogP contribution is 2.25. The van der Waals surface area contributed by atoms with Crippen molar-refractivity contribution in [2.75, 3.05) is 5.32 Å². The largest absolute Gasteiger partial charge is 0.477 e. The quantitative estimate of drug-likeness (QED) is 0.241. The molecule has 0 aliphatic carbocycles. The number of carboxylic acids is 2. The smallest absolute Gasteiger partial charge is 0.344 e. The van der Waals surface area contributed by atoms with Gasteiger partial charge in [-0.05, 0) is 18.6 Å². The summed E-state index contributed by atoms with van der Waals surface area (Å²) in [6.07, 6.45) is 0.701.